The van der Waals surface area contributed by atoms with Crippen LogP contribution in [-0.4, -0.2) is 39.0 Å². The molecule has 0 spiro atoms. The third-order valence-corrected chi connectivity index (χ3v) is 4.97. The molecule has 0 fully saturated rings. The van der Waals surface area contributed by atoms with E-state index in [0.29, 0.717) is 35.2 Å². The van der Waals surface area contributed by atoms with Crippen molar-refractivity contribution in [3.8, 4) is 23.0 Å². The zero-order chi connectivity index (χ0) is 21.2. The average Bonchev–Trinajstić information content (AvgIpc) is 2.70. The second-order valence-corrected chi connectivity index (χ2v) is 6.63. The van der Waals surface area contributed by atoms with E-state index in [1.807, 2.05) is 13.8 Å². The minimum absolute atomic E-state index is 0.0305. The monoisotopic (exact) mass is 406 g/mol. The van der Waals surface area contributed by atoms with Crippen LogP contribution in [0, 0.1) is 0 Å². The summed E-state index contributed by atoms with van der Waals surface area (Å²) in [5.41, 5.74) is -0.578. The van der Waals surface area contributed by atoms with Crippen molar-refractivity contribution in [2.75, 3.05) is 0 Å². The summed E-state index contributed by atoms with van der Waals surface area (Å²) in [4.78, 5) is 68.8. The Hall–Kier alpha value is -4.22. The molecule has 0 aliphatic carbocycles. The van der Waals surface area contributed by atoms with E-state index in [2.05, 4.69) is 29.9 Å². The van der Waals surface area contributed by atoms with Gasteiger partial charge in [-0.15, -0.1) is 0 Å². The molecule has 4 heterocycles. The highest BCUT2D eigenvalue weighted by atomic mass is 16.2. The second-order valence-electron chi connectivity index (χ2n) is 6.63. The van der Waals surface area contributed by atoms with E-state index < -0.39 is 22.5 Å². The third-order valence-electron chi connectivity index (χ3n) is 4.97. The number of hydrogen-bond donors (Lipinski definition) is 2. The maximum Gasteiger partial charge on any atom is 0.349 e. The summed E-state index contributed by atoms with van der Waals surface area (Å²) in [5, 5.41) is 0. The highest BCUT2D eigenvalue weighted by Crippen LogP contribution is 2.27. The molecule has 30 heavy (non-hydrogen) atoms. The second kappa shape index (κ2) is 6.14. The Morgan fingerprint density at radius 1 is 0.700 bits per heavy atom. The summed E-state index contributed by atoms with van der Waals surface area (Å²) in [6.45, 7) is 4.56. The van der Waals surface area contributed by atoms with Crippen molar-refractivity contribution < 1.29 is 0 Å². The topological polar surface area (TPSA) is 161 Å². The van der Waals surface area contributed by atoms with Gasteiger partial charge in [0.2, 0.25) is 0 Å². The molecule has 12 nitrogen and oxygen atoms in total. The molecule has 0 saturated carbocycles. The molecule has 4 aliphatic heterocycles. The van der Waals surface area contributed by atoms with Crippen LogP contribution >= 0.6 is 0 Å². The van der Waals surface area contributed by atoms with Crippen LogP contribution in [0.3, 0.4) is 0 Å². The summed E-state index contributed by atoms with van der Waals surface area (Å²) in [5.74, 6) is 0.345. The molecule has 1 aromatic carbocycles. The zero-order valence-corrected chi connectivity index (χ0v) is 15.9. The molecule has 4 aliphatic rings. The lowest BCUT2D eigenvalue weighted by molar-refractivity contribution is 0.752. The molecule has 0 radical (unpaired) electrons. The number of H-pyrrole nitrogens is 2. The van der Waals surface area contributed by atoms with E-state index in [9.17, 15) is 19.2 Å². The van der Waals surface area contributed by atoms with Crippen molar-refractivity contribution in [2.45, 2.75) is 26.9 Å². The molecule has 0 atom stereocenters. The molecular weight excluding hydrogens is 392 g/mol. The lowest BCUT2D eigenvalue weighted by Crippen LogP contribution is -2.29. The number of rotatable bonds is 2. The molecule has 2 N–H and O–H groups in total. The quantitative estimate of drug-likeness (QED) is 0.372. The van der Waals surface area contributed by atoms with Gasteiger partial charge in [-0.3, -0.25) is 19.6 Å². The van der Waals surface area contributed by atoms with E-state index >= 15 is 0 Å². The number of aryl methyl sites for hydroxylation is 2. The van der Waals surface area contributed by atoms with E-state index in [0.717, 1.165) is 0 Å². The zero-order valence-electron chi connectivity index (χ0n) is 15.9. The molecule has 12 heteroatoms. The maximum atomic E-state index is 12.3. The number of aromatic nitrogens is 8. The Labute approximate surface area is 165 Å². The van der Waals surface area contributed by atoms with Gasteiger partial charge >= 0.3 is 11.4 Å². The van der Waals surface area contributed by atoms with E-state index in [1.54, 1.807) is 21.3 Å². The Morgan fingerprint density at radius 2 is 1.13 bits per heavy atom. The van der Waals surface area contributed by atoms with Crippen molar-refractivity contribution in [3.63, 3.8) is 0 Å². The largest absolute Gasteiger partial charge is 0.349 e. The smallest absolute Gasteiger partial charge is 0.323 e. The van der Waals surface area contributed by atoms with Gasteiger partial charge in [0.15, 0.2) is 23.0 Å². The molecule has 5 rings (SSSR count). The standard InChI is InChI=1S/C18H14N8O4/c1-3-25-9-6-10-8(5-7(9)19-11-13(25)21-17(29)23-15(11)27)20-12-14(26(10)4-2)22-18(30)24-16(12)28/h5-6H,3-4H2,1-2H3,(H,23,27,29)(H,24,28,30). The molecule has 0 unspecified atom stereocenters. The van der Waals surface area contributed by atoms with E-state index in [1.165, 1.54) is 0 Å². The molecule has 0 bridgehead atoms. The van der Waals surface area contributed by atoms with Gasteiger partial charge in [-0.1, -0.05) is 0 Å². The van der Waals surface area contributed by atoms with Gasteiger partial charge in [-0.25, -0.2) is 19.6 Å². The van der Waals surface area contributed by atoms with Crippen molar-refractivity contribution in [1.29, 1.82) is 0 Å². The first-order valence-corrected chi connectivity index (χ1v) is 9.20. The average molecular weight is 406 g/mol. The lowest BCUT2D eigenvalue weighted by atomic mass is 10.2. The predicted octanol–water partition coefficient (Wildman–Crippen LogP) is -0.478. The number of benzene rings is 1. The van der Waals surface area contributed by atoms with E-state index in [4.69, 9.17) is 0 Å². The minimum Gasteiger partial charge on any atom is -0.323 e. The van der Waals surface area contributed by atoms with Gasteiger partial charge in [0.25, 0.3) is 11.1 Å². The third kappa shape index (κ3) is 2.40. The van der Waals surface area contributed by atoms with Gasteiger partial charge < -0.3 is 9.13 Å². The van der Waals surface area contributed by atoms with Gasteiger partial charge in [-0.2, -0.15) is 9.97 Å². The fourth-order valence-corrected chi connectivity index (χ4v) is 3.72. The number of fused-ring (bicyclic) bond motifs is 4. The minimum atomic E-state index is -0.751. The van der Waals surface area contributed by atoms with Gasteiger partial charge in [0, 0.05) is 13.1 Å². The number of hydrogen-bond acceptors (Lipinski definition) is 8. The van der Waals surface area contributed by atoms with Crippen molar-refractivity contribution >= 4 is 22.1 Å². The van der Waals surface area contributed by atoms with Gasteiger partial charge in [0.05, 0.1) is 22.1 Å². The predicted molar refractivity (Wildman–Crippen MR) is 107 cm³/mol. The fraction of sp³-hybridized carbons (Fsp3) is 0.222. The first-order valence-electron chi connectivity index (χ1n) is 9.20. The molecule has 150 valence electrons. The van der Waals surface area contributed by atoms with Crippen LogP contribution in [0.5, 0.6) is 0 Å². The molecule has 0 amide bonds. The van der Waals surface area contributed by atoms with Crippen molar-refractivity contribution in [3.05, 3.63) is 53.8 Å². The Morgan fingerprint density at radius 3 is 1.53 bits per heavy atom. The Bertz CT molecular complexity index is 1540. The van der Waals surface area contributed by atoms with Crippen LogP contribution in [0.15, 0.2) is 31.3 Å². The van der Waals surface area contributed by atoms with Crippen LogP contribution in [0.2, 0.25) is 0 Å². The lowest BCUT2D eigenvalue weighted by Gasteiger charge is -2.18. The molecular formula is C18H14N8O4. The number of nitrogens with zero attached hydrogens (tertiary/aromatic N) is 6. The van der Waals surface area contributed by atoms with E-state index in [-0.39, 0.29) is 23.0 Å². The van der Waals surface area contributed by atoms with Crippen molar-refractivity contribution in [2.24, 2.45) is 0 Å². The molecule has 0 aromatic heterocycles. The Kier molecular flexibility index (Phi) is 3.65. The first-order chi connectivity index (χ1) is 14.4. The molecule has 0 saturated heterocycles. The number of nitrogens with one attached hydrogen (secondary N) is 2. The van der Waals surface area contributed by atoms with Crippen LogP contribution in [-0.2, 0) is 13.1 Å². The summed E-state index contributed by atoms with van der Waals surface area (Å²) in [6, 6.07) is 3.42. The highest BCUT2D eigenvalue weighted by Gasteiger charge is 2.22. The Balaban J connectivity index is 2.05. The fourth-order valence-electron chi connectivity index (χ4n) is 3.72. The summed E-state index contributed by atoms with van der Waals surface area (Å²) < 4.78 is 3.42. The van der Waals surface area contributed by atoms with Crippen molar-refractivity contribution in [1.82, 2.24) is 39.0 Å². The normalized spacial score (nSPS) is 11.8. The summed E-state index contributed by atoms with van der Waals surface area (Å²) in [6.07, 6.45) is 0. The summed E-state index contributed by atoms with van der Waals surface area (Å²) >= 11 is 0. The first kappa shape index (κ1) is 17.8. The van der Waals surface area contributed by atoms with Crippen LogP contribution < -0.4 is 22.5 Å². The maximum absolute atomic E-state index is 12.3. The van der Waals surface area contributed by atoms with Gasteiger partial charge in [0.1, 0.15) is 0 Å². The van der Waals surface area contributed by atoms with Crippen LogP contribution in [0.25, 0.3) is 45.1 Å². The van der Waals surface area contributed by atoms with Crippen LogP contribution in [0.4, 0.5) is 0 Å². The SMILES string of the molecule is CCn1c2nc(=O)[nH]c(=O)c-2nc2cc3nc4c(=O)[nH]c(=O)nc-4n(CC)c3cc21. The molecule has 1 aromatic rings. The number of aromatic amines is 2. The van der Waals surface area contributed by atoms with Crippen LogP contribution in [0.1, 0.15) is 13.8 Å². The highest BCUT2D eigenvalue weighted by molar-refractivity contribution is 5.94. The summed E-state index contributed by atoms with van der Waals surface area (Å²) in [7, 11) is 0. The van der Waals surface area contributed by atoms with Gasteiger partial charge in [-0.05, 0) is 26.0 Å².